The van der Waals surface area contributed by atoms with Crippen molar-refractivity contribution in [3.8, 4) is 0 Å². The highest BCUT2D eigenvalue weighted by atomic mass is 15.1. The molecule has 3 rings (SSSR count). The van der Waals surface area contributed by atoms with E-state index in [0.29, 0.717) is 6.04 Å². The lowest BCUT2D eigenvalue weighted by molar-refractivity contribution is 0.438. The Morgan fingerprint density at radius 1 is 1.20 bits per heavy atom. The number of aromatic nitrogens is 2. The summed E-state index contributed by atoms with van der Waals surface area (Å²) >= 11 is 0. The van der Waals surface area contributed by atoms with Gasteiger partial charge in [0.1, 0.15) is 0 Å². The largest absolute Gasteiger partial charge is 0.351 e. The van der Waals surface area contributed by atoms with Crippen LogP contribution in [0.5, 0.6) is 0 Å². The van der Waals surface area contributed by atoms with E-state index in [0.717, 1.165) is 23.3 Å². The fraction of sp³-hybridized carbons (Fsp3) is 0.667. The molecule has 1 heterocycles. The molecular formula is C12H17N3. The van der Waals surface area contributed by atoms with Gasteiger partial charge in [-0.1, -0.05) is 6.42 Å². The number of hydrogen-bond acceptors (Lipinski definition) is 3. The number of aryl methyl sites for hydroxylation is 1. The van der Waals surface area contributed by atoms with Crippen LogP contribution in [0.15, 0.2) is 12.4 Å². The van der Waals surface area contributed by atoms with E-state index < -0.39 is 0 Å². The topological polar surface area (TPSA) is 37.8 Å². The molecule has 1 N–H and O–H groups in total. The number of nitrogens with zero attached hydrogens (tertiary/aromatic N) is 2. The second kappa shape index (κ2) is 3.47. The Bertz CT molecular complexity index is 346. The molecule has 0 aromatic carbocycles. The van der Waals surface area contributed by atoms with Crippen molar-refractivity contribution < 1.29 is 0 Å². The number of nitrogens with one attached hydrogen (secondary N) is 1. The van der Waals surface area contributed by atoms with Gasteiger partial charge >= 0.3 is 0 Å². The lowest BCUT2D eigenvalue weighted by atomic mass is 9.95. The van der Waals surface area contributed by atoms with Crippen LogP contribution in [0.3, 0.4) is 0 Å². The molecule has 2 saturated carbocycles. The van der Waals surface area contributed by atoms with Crippen LogP contribution in [0.4, 0.5) is 5.95 Å². The molecule has 0 radical (unpaired) electrons. The zero-order valence-corrected chi connectivity index (χ0v) is 9.11. The minimum atomic E-state index is 0.631. The molecular weight excluding hydrogens is 186 g/mol. The normalized spacial score (nSPS) is 33.3. The van der Waals surface area contributed by atoms with Crippen molar-refractivity contribution in [1.29, 1.82) is 0 Å². The van der Waals surface area contributed by atoms with Crippen molar-refractivity contribution in [2.24, 2.45) is 11.8 Å². The lowest BCUT2D eigenvalue weighted by Crippen LogP contribution is -2.26. The smallest absolute Gasteiger partial charge is 0.222 e. The summed E-state index contributed by atoms with van der Waals surface area (Å²) in [7, 11) is 0. The molecule has 2 aliphatic carbocycles. The highest BCUT2D eigenvalue weighted by Gasteiger charge is 2.39. The first-order chi connectivity index (χ1) is 7.31. The molecule has 3 nitrogen and oxygen atoms in total. The molecule has 2 bridgehead atoms. The van der Waals surface area contributed by atoms with Crippen LogP contribution in [0.2, 0.25) is 0 Å². The Hall–Kier alpha value is -1.12. The summed E-state index contributed by atoms with van der Waals surface area (Å²) in [5, 5.41) is 3.48. The maximum atomic E-state index is 4.30. The summed E-state index contributed by atoms with van der Waals surface area (Å²) in [5.41, 5.74) is 1.12. The van der Waals surface area contributed by atoms with Crippen molar-refractivity contribution in [1.82, 2.24) is 9.97 Å². The number of anilines is 1. The van der Waals surface area contributed by atoms with E-state index in [9.17, 15) is 0 Å². The highest BCUT2D eigenvalue weighted by Crippen LogP contribution is 2.45. The predicted octanol–water partition coefficient (Wildman–Crippen LogP) is 2.39. The van der Waals surface area contributed by atoms with Crippen LogP contribution in [0, 0.1) is 18.8 Å². The first-order valence-corrected chi connectivity index (χ1v) is 5.86. The van der Waals surface area contributed by atoms with Crippen molar-refractivity contribution in [2.75, 3.05) is 5.32 Å². The third-order valence-corrected chi connectivity index (χ3v) is 3.83. The minimum Gasteiger partial charge on any atom is -0.351 e. The summed E-state index contributed by atoms with van der Waals surface area (Å²) < 4.78 is 0. The third kappa shape index (κ3) is 1.71. The van der Waals surface area contributed by atoms with E-state index in [1.165, 1.54) is 25.7 Å². The van der Waals surface area contributed by atoms with Crippen molar-refractivity contribution in [3.05, 3.63) is 18.0 Å². The SMILES string of the molecule is Cc1cnc(NC2CC3CCC2C3)nc1. The van der Waals surface area contributed by atoms with Gasteiger partial charge < -0.3 is 5.32 Å². The van der Waals surface area contributed by atoms with Gasteiger partial charge in [-0.2, -0.15) is 0 Å². The van der Waals surface area contributed by atoms with Gasteiger partial charge in [-0.05, 0) is 43.6 Å². The molecule has 0 amide bonds. The summed E-state index contributed by atoms with van der Waals surface area (Å²) in [6.07, 6.45) is 9.34. The lowest BCUT2D eigenvalue weighted by Gasteiger charge is -2.22. The fourth-order valence-corrected chi connectivity index (χ4v) is 3.05. The average Bonchev–Trinajstić information content (AvgIpc) is 2.83. The quantitative estimate of drug-likeness (QED) is 0.802. The molecule has 3 atom stereocenters. The second-order valence-corrected chi connectivity index (χ2v) is 5.01. The summed E-state index contributed by atoms with van der Waals surface area (Å²) in [6, 6.07) is 0.631. The molecule has 0 spiro atoms. The molecule has 3 heteroatoms. The minimum absolute atomic E-state index is 0.631. The number of hydrogen-bond donors (Lipinski definition) is 1. The third-order valence-electron chi connectivity index (χ3n) is 3.83. The van der Waals surface area contributed by atoms with Crippen LogP contribution in [0.25, 0.3) is 0 Å². The first kappa shape index (κ1) is 9.13. The number of fused-ring (bicyclic) bond motifs is 2. The van der Waals surface area contributed by atoms with Crippen LogP contribution < -0.4 is 5.32 Å². The average molecular weight is 203 g/mol. The van der Waals surface area contributed by atoms with Gasteiger partial charge in [0.15, 0.2) is 0 Å². The van der Waals surface area contributed by atoms with Crippen molar-refractivity contribution in [3.63, 3.8) is 0 Å². The van der Waals surface area contributed by atoms with E-state index in [2.05, 4.69) is 15.3 Å². The standard InChI is InChI=1S/C12H17N3/c1-8-6-13-12(14-7-8)15-11-5-9-2-3-10(11)4-9/h6-7,9-11H,2-5H2,1H3,(H,13,14,15). The second-order valence-electron chi connectivity index (χ2n) is 5.01. The highest BCUT2D eigenvalue weighted by molar-refractivity contribution is 5.27. The van der Waals surface area contributed by atoms with E-state index in [1.807, 2.05) is 19.3 Å². The fourth-order valence-electron chi connectivity index (χ4n) is 3.05. The van der Waals surface area contributed by atoms with Gasteiger partial charge in [-0.25, -0.2) is 9.97 Å². The maximum Gasteiger partial charge on any atom is 0.222 e. The Morgan fingerprint density at radius 3 is 2.60 bits per heavy atom. The zero-order valence-electron chi connectivity index (χ0n) is 9.11. The Kier molecular flexibility index (Phi) is 2.11. The van der Waals surface area contributed by atoms with Gasteiger partial charge in [0.25, 0.3) is 0 Å². The molecule has 80 valence electrons. The zero-order chi connectivity index (χ0) is 10.3. The monoisotopic (exact) mass is 203 g/mol. The predicted molar refractivity (Wildman–Crippen MR) is 59.6 cm³/mol. The van der Waals surface area contributed by atoms with Crippen molar-refractivity contribution in [2.45, 2.75) is 38.6 Å². The van der Waals surface area contributed by atoms with Gasteiger partial charge in [0.05, 0.1) is 0 Å². The van der Waals surface area contributed by atoms with E-state index in [1.54, 1.807) is 0 Å². The molecule has 1 aromatic heterocycles. The van der Waals surface area contributed by atoms with Gasteiger partial charge in [-0.15, -0.1) is 0 Å². The molecule has 0 saturated heterocycles. The maximum absolute atomic E-state index is 4.30. The Morgan fingerprint density at radius 2 is 2.00 bits per heavy atom. The van der Waals surface area contributed by atoms with Crippen LogP contribution in [-0.4, -0.2) is 16.0 Å². The summed E-state index contributed by atoms with van der Waals surface area (Å²) in [5.74, 6) is 2.65. The van der Waals surface area contributed by atoms with E-state index in [4.69, 9.17) is 0 Å². The van der Waals surface area contributed by atoms with E-state index >= 15 is 0 Å². The molecule has 0 aliphatic heterocycles. The molecule has 15 heavy (non-hydrogen) atoms. The van der Waals surface area contributed by atoms with Gasteiger partial charge in [0, 0.05) is 18.4 Å². The number of rotatable bonds is 2. The van der Waals surface area contributed by atoms with Crippen LogP contribution >= 0.6 is 0 Å². The summed E-state index contributed by atoms with van der Waals surface area (Å²) in [4.78, 5) is 8.61. The van der Waals surface area contributed by atoms with Crippen LogP contribution in [-0.2, 0) is 0 Å². The Labute approximate surface area is 90.3 Å². The van der Waals surface area contributed by atoms with Crippen LogP contribution in [0.1, 0.15) is 31.2 Å². The molecule has 2 fully saturated rings. The van der Waals surface area contributed by atoms with Gasteiger partial charge in [0.2, 0.25) is 5.95 Å². The molecule has 3 unspecified atom stereocenters. The Balaban J connectivity index is 1.68. The molecule has 1 aromatic rings. The summed E-state index contributed by atoms with van der Waals surface area (Å²) in [6.45, 7) is 2.02. The van der Waals surface area contributed by atoms with Gasteiger partial charge in [-0.3, -0.25) is 0 Å². The molecule has 2 aliphatic rings. The van der Waals surface area contributed by atoms with Crippen molar-refractivity contribution >= 4 is 5.95 Å². The first-order valence-electron chi connectivity index (χ1n) is 5.86. The van der Waals surface area contributed by atoms with E-state index in [-0.39, 0.29) is 0 Å².